The lowest BCUT2D eigenvalue weighted by Crippen LogP contribution is -2.28. The maximum atomic E-state index is 12.1. The number of hydrogen-bond donors (Lipinski definition) is 2. The van der Waals surface area contributed by atoms with E-state index in [-0.39, 0.29) is 11.6 Å². The highest BCUT2D eigenvalue weighted by Crippen LogP contribution is 2.29. The molecule has 1 unspecified atom stereocenters. The summed E-state index contributed by atoms with van der Waals surface area (Å²) in [6.07, 6.45) is 2.36. The van der Waals surface area contributed by atoms with E-state index in [0.29, 0.717) is 18.0 Å². The van der Waals surface area contributed by atoms with Gasteiger partial charge in [0.25, 0.3) is 5.91 Å². The van der Waals surface area contributed by atoms with Crippen LogP contribution in [0.1, 0.15) is 31.9 Å². The number of benzene rings is 1. The summed E-state index contributed by atoms with van der Waals surface area (Å²) in [7, 11) is 3.12. The van der Waals surface area contributed by atoms with Gasteiger partial charge in [-0.05, 0) is 31.0 Å². The van der Waals surface area contributed by atoms with Crippen LogP contribution in [-0.4, -0.2) is 26.7 Å². The van der Waals surface area contributed by atoms with Gasteiger partial charge in [-0.2, -0.15) is 5.26 Å². The van der Waals surface area contributed by atoms with Gasteiger partial charge in [0, 0.05) is 12.7 Å². The van der Waals surface area contributed by atoms with E-state index >= 15 is 0 Å². The summed E-state index contributed by atoms with van der Waals surface area (Å²) >= 11 is 0. The highest BCUT2D eigenvalue weighted by molar-refractivity contribution is 5.97. The summed E-state index contributed by atoms with van der Waals surface area (Å²) in [5, 5.41) is 14.8. The molecule has 0 radical (unpaired) electrons. The summed E-state index contributed by atoms with van der Waals surface area (Å²) in [6.45, 7) is 4.56. The minimum absolute atomic E-state index is 0.0470. The lowest BCUT2D eigenvalue weighted by Gasteiger charge is -2.16. The van der Waals surface area contributed by atoms with E-state index in [0.717, 1.165) is 12.0 Å². The van der Waals surface area contributed by atoms with Crippen LogP contribution in [-0.2, 0) is 4.79 Å². The molecule has 6 nitrogen and oxygen atoms in total. The highest BCUT2D eigenvalue weighted by Gasteiger charge is 2.15. The van der Waals surface area contributed by atoms with E-state index in [9.17, 15) is 4.79 Å². The van der Waals surface area contributed by atoms with E-state index in [1.165, 1.54) is 6.20 Å². The predicted octanol–water partition coefficient (Wildman–Crippen LogP) is 2.29. The lowest BCUT2D eigenvalue weighted by atomic mass is 10.1. The van der Waals surface area contributed by atoms with Crippen molar-refractivity contribution in [1.82, 2.24) is 10.6 Å². The Hall–Kier alpha value is -2.68. The maximum absolute atomic E-state index is 12.1. The molecule has 0 spiro atoms. The molecule has 1 atom stereocenters. The number of nitriles is 1. The second kappa shape index (κ2) is 9.36. The van der Waals surface area contributed by atoms with Crippen LogP contribution in [0.25, 0.3) is 0 Å². The molecule has 6 heteroatoms. The van der Waals surface area contributed by atoms with Gasteiger partial charge in [-0.1, -0.05) is 13.0 Å². The van der Waals surface area contributed by atoms with Gasteiger partial charge in [0.05, 0.1) is 20.3 Å². The molecular formula is C17H23N3O3. The summed E-state index contributed by atoms with van der Waals surface area (Å²) in [5.74, 6) is 0.793. The number of nitrogens with zero attached hydrogens (tertiary/aromatic N) is 1. The Kier molecular flexibility index (Phi) is 7.48. The number of hydrogen-bond acceptors (Lipinski definition) is 5. The summed E-state index contributed by atoms with van der Waals surface area (Å²) in [6, 6.07) is 7.05. The van der Waals surface area contributed by atoms with E-state index < -0.39 is 5.91 Å². The number of carbonyl (C=O) groups excluding carboxylic acids is 1. The number of nitrogens with one attached hydrogen (secondary N) is 2. The first-order valence-corrected chi connectivity index (χ1v) is 7.43. The maximum Gasteiger partial charge on any atom is 0.263 e. The van der Waals surface area contributed by atoms with E-state index in [2.05, 4.69) is 10.6 Å². The van der Waals surface area contributed by atoms with Crippen molar-refractivity contribution < 1.29 is 14.3 Å². The second-order valence-corrected chi connectivity index (χ2v) is 4.93. The van der Waals surface area contributed by atoms with Crippen molar-refractivity contribution in [1.29, 1.82) is 5.26 Å². The van der Waals surface area contributed by atoms with E-state index in [4.69, 9.17) is 14.7 Å². The van der Waals surface area contributed by atoms with Crippen LogP contribution in [0, 0.1) is 11.3 Å². The summed E-state index contributed by atoms with van der Waals surface area (Å²) in [5.41, 5.74) is 0.903. The molecule has 2 N–H and O–H groups in total. The molecule has 0 saturated carbocycles. The van der Waals surface area contributed by atoms with Gasteiger partial charge in [-0.3, -0.25) is 4.79 Å². The zero-order valence-electron chi connectivity index (χ0n) is 14.0. The van der Waals surface area contributed by atoms with Gasteiger partial charge in [-0.25, -0.2) is 0 Å². The molecule has 0 saturated heterocycles. The van der Waals surface area contributed by atoms with Crippen molar-refractivity contribution in [2.45, 2.75) is 26.3 Å². The molecule has 1 amide bonds. The zero-order chi connectivity index (χ0) is 17.2. The number of methoxy groups -OCH3 is 2. The van der Waals surface area contributed by atoms with Crippen molar-refractivity contribution in [3.63, 3.8) is 0 Å². The summed E-state index contributed by atoms with van der Waals surface area (Å²) < 4.78 is 10.4. The van der Waals surface area contributed by atoms with Crippen molar-refractivity contribution in [2.75, 3.05) is 20.8 Å². The van der Waals surface area contributed by atoms with Gasteiger partial charge in [0.2, 0.25) is 0 Å². The number of rotatable bonds is 8. The number of ether oxygens (including phenoxy) is 2. The van der Waals surface area contributed by atoms with Crippen molar-refractivity contribution in [3.8, 4) is 17.6 Å². The van der Waals surface area contributed by atoms with Crippen LogP contribution in [0.4, 0.5) is 0 Å². The Balaban J connectivity index is 2.82. The minimum Gasteiger partial charge on any atom is -0.493 e. The average molecular weight is 317 g/mol. The van der Waals surface area contributed by atoms with Crippen LogP contribution in [0.3, 0.4) is 0 Å². The Bertz CT molecular complexity index is 606. The van der Waals surface area contributed by atoms with Gasteiger partial charge in [0.15, 0.2) is 11.5 Å². The molecule has 0 heterocycles. The molecule has 0 aromatic heterocycles. The molecule has 1 aromatic carbocycles. The normalized spacial score (nSPS) is 12.0. The standard InChI is InChI=1S/C17H23N3O3/c1-5-8-19-11-14(10-18)17(21)20-12(2)13-6-7-15(22-3)16(9-13)23-4/h6-7,9,11-12,19H,5,8H2,1-4H3,(H,20,21)/b14-11-. The molecule has 0 aliphatic heterocycles. The average Bonchev–Trinajstić information content (AvgIpc) is 2.57. The fourth-order valence-electron chi connectivity index (χ4n) is 1.95. The second-order valence-electron chi connectivity index (χ2n) is 4.93. The third-order valence-electron chi connectivity index (χ3n) is 3.26. The SMILES string of the molecule is CCCN/C=C(/C#N)C(=O)NC(C)c1ccc(OC)c(OC)c1. The Labute approximate surface area is 137 Å². The van der Waals surface area contributed by atoms with Crippen LogP contribution >= 0.6 is 0 Å². The van der Waals surface area contributed by atoms with E-state index in [1.807, 2.05) is 26.0 Å². The molecule has 0 fully saturated rings. The van der Waals surface area contributed by atoms with Gasteiger partial charge in [-0.15, -0.1) is 0 Å². The predicted molar refractivity (Wildman–Crippen MR) is 88.1 cm³/mol. The molecule has 1 aromatic rings. The molecule has 0 aliphatic carbocycles. The van der Waals surface area contributed by atoms with Gasteiger partial charge >= 0.3 is 0 Å². The molecular weight excluding hydrogens is 294 g/mol. The van der Waals surface area contributed by atoms with Crippen LogP contribution in [0.15, 0.2) is 30.0 Å². The van der Waals surface area contributed by atoms with Crippen molar-refractivity contribution >= 4 is 5.91 Å². The Morgan fingerprint density at radius 2 is 2.04 bits per heavy atom. The smallest absolute Gasteiger partial charge is 0.263 e. The van der Waals surface area contributed by atoms with E-state index in [1.54, 1.807) is 26.4 Å². The molecule has 23 heavy (non-hydrogen) atoms. The number of amides is 1. The molecule has 124 valence electrons. The molecule has 0 aliphatic rings. The van der Waals surface area contributed by atoms with Crippen molar-refractivity contribution in [3.05, 3.63) is 35.5 Å². The van der Waals surface area contributed by atoms with Gasteiger partial charge < -0.3 is 20.1 Å². The fraction of sp³-hybridized carbons (Fsp3) is 0.412. The largest absolute Gasteiger partial charge is 0.493 e. The van der Waals surface area contributed by atoms with Crippen LogP contribution in [0.5, 0.6) is 11.5 Å². The first-order valence-electron chi connectivity index (χ1n) is 7.43. The third kappa shape index (κ3) is 5.22. The quantitative estimate of drug-likeness (QED) is 0.437. The van der Waals surface area contributed by atoms with Crippen molar-refractivity contribution in [2.24, 2.45) is 0 Å². The molecule has 1 rings (SSSR count). The lowest BCUT2D eigenvalue weighted by molar-refractivity contribution is -0.117. The van der Waals surface area contributed by atoms with Gasteiger partial charge in [0.1, 0.15) is 11.6 Å². The third-order valence-corrected chi connectivity index (χ3v) is 3.26. The number of carbonyl (C=O) groups is 1. The summed E-state index contributed by atoms with van der Waals surface area (Å²) in [4.78, 5) is 12.1. The topological polar surface area (TPSA) is 83.4 Å². The molecule has 0 bridgehead atoms. The zero-order valence-corrected chi connectivity index (χ0v) is 14.0. The monoisotopic (exact) mass is 317 g/mol. The Morgan fingerprint density at radius 3 is 2.61 bits per heavy atom. The first kappa shape index (κ1) is 18.4. The minimum atomic E-state index is -0.418. The van der Waals surface area contributed by atoms with Crippen LogP contribution in [0.2, 0.25) is 0 Å². The first-order chi connectivity index (χ1) is 11.1. The van der Waals surface area contributed by atoms with Crippen LogP contribution < -0.4 is 20.1 Å². The highest BCUT2D eigenvalue weighted by atomic mass is 16.5. The fourth-order valence-corrected chi connectivity index (χ4v) is 1.95. The Morgan fingerprint density at radius 1 is 1.35 bits per heavy atom.